The number of hydrogen-bond donors (Lipinski definition) is 1. The highest BCUT2D eigenvalue weighted by Gasteiger charge is 2.20. The zero-order valence-electron chi connectivity index (χ0n) is 10.1. The van der Waals surface area contributed by atoms with Crippen LogP contribution in [-0.4, -0.2) is 12.6 Å². The highest BCUT2D eigenvalue weighted by atomic mass is 19.1. The smallest absolute Gasteiger partial charge is 0.165 e. The Bertz CT molecular complexity index is 399. The quantitative estimate of drug-likeness (QED) is 0.765. The molecule has 0 atom stereocenters. The molecular formula is C14H18FNO. The highest BCUT2D eigenvalue weighted by Crippen LogP contribution is 2.21. The second kappa shape index (κ2) is 5.82. The van der Waals surface area contributed by atoms with Crippen LogP contribution in [0.5, 0.6) is 5.75 Å². The standard InChI is InChI=1S/C14H18FNO/c1-2-3-8-17-14-7-4-11(9-13(14)15)10-16-12-5-6-12/h2-4,7,9,12,16H,5-6,8,10H2,1H3/b3-2+. The van der Waals surface area contributed by atoms with Gasteiger partial charge in [-0.25, -0.2) is 4.39 Å². The van der Waals surface area contributed by atoms with Crippen molar-refractivity contribution >= 4 is 0 Å². The summed E-state index contributed by atoms with van der Waals surface area (Å²) in [7, 11) is 0. The van der Waals surface area contributed by atoms with Crippen LogP contribution in [0.3, 0.4) is 0 Å². The van der Waals surface area contributed by atoms with Crippen molar-refractivity contribution in [2.24, 2.45) is 0 Å². The first-order chi connectivity index (χ1) is 8.29. The summed E-state index contributed by atoms with van der Waals surface area (Å²) >= 11 is 0. The van der Waals surface area contributed by atoms with Crippen molar-refractivity contribution in [2.75, 3.05) is 6.61 Å². The Hall–Kier alpha value is -1.35. The van der Waals surface area contributed by atoms with Gasteiger partial charge in [-0.15, -0.1) is 0 Å². The van der Waals surface area contributed by atoms with E-state index in [4.69, 9.17) is 4.74 Å². The van der Waals surface area contributed by atoms with Gasteiger partial charge in [-0.05, 0) is 37.5 Å². The van der Waals surface area contributed by atoms with E-state index in [0.717, 1.165) is 12.1 Å². The lowest BCUT2D eigenvalue weighted by molar-refractivity contribution is 0.341. The molecule has 0 radical (unpaired) electrons. The second-order valence-electron chi connectivity index (χ2n) is 4.30. The Morgan fingerprint density at radius 1 is 1.47 bits per heavy atom. The maximum absolute atomic E-state index is 13.6. The van der Waals surface area contributed by atoms with Gasteiger partial charge in [0.2, 0.25) is 0 Å². The SMILES string of the molecule is C/C=C/COc1ccc(CNC2CC2)cc1F. The monoisotopic (exact) mass is 235 g/mol. The molecule has 0 aromatic heterocycles. The summed E-state index contributed by atoms with van der Waals surface area (Å²) in [5.74, 6) is 0.0304. The number of rotatable bonds is 6. The van der Waals surface area contributed by atoms with Crippen molar-refractivity contribution in [1.82, 2.24) is 5.32 Å². The Balaban J connectivity index is 1.90. The highest BCUT2D eigenvalue weighted by molar-refractivity contribution is 5.29. The van der Waals surface area contributed by atoms with Crippen molar-refractivity contribution in [3.05, 3.63) is 41.7 Å². The van der Waals surface area contributed by atoms with Crippen molar-refractivity contribution in [2.45, 2.75) is 32.4 Å². The van der Waals surface area contributed by atoms with E-state index >= 15 is 0 Å². The molecule has 0 aliphatic heterocycles. The number of benzene rings is 1. The predicted octanol–water partition coefficient (Wildman–Crippen LogP) is 3.03. The third-order valence-corrected chi connectivity index (χ3v) is 2.74. The molecule has 17 heavy (non-hydrogen) atoms. The summed E-state index contributed by atoms with van der Waals surface area (Å²) in [4.78, 5) is 0. The Morgan fingerprint density at radius 3 is 2.94 bits per heavy atom. The zero-order chi connectivity index (χ0) is 12.1. The number of nitrogens with one attached hydrogen (secondary N) is 1. The summed E-state index contributed by atoms with van der Waals surface area (Å²) in [6, 6.07) is 5.79. The van der Waals surface area contributed by atoms with E-state index in [9.17, 15) is 4.39 Å². The summed E-state index contributed by atoms with van der Waals surface area (Å²) in [5.41, 5.74) is 0.966. The predicted molar refractivity (Wildman–Crippen MR) is 66.6 cm³/mol. The van der Waals surface area contributed by atoms with Gasteiger partial charge in [0.25, 0.3) is 0 Å². The van der Waals surface area contributed by atoms with E-state index in [1.165, 1.54) is 12.8 Å². The third kappa shape index (κ3) is 3.86. The van der Waals surface area contributed by atoms with Crippen LogP contribution in [0.25, 0.3) is 0 Å². The van der Waals surface area contributed by atoms with E-state index in [1.807, 2.05) is 25.1 Å². The Labute approximate surface area is 101 Å². The normalized spacial score (nSPS) is 15.4. The molecule has 0 unspecified atom stereocenters. The summed E-state index contributed by atoms with van der Waals surface area (Å²) < 4.78 is 18.9. The summed E-state index contributed by atoms with van der Waals surface area (Å²) in [6.45, 7) is 3.05. The van der Waals surface area contributed by atoms with Gasteiger partial charge >= 0.3 is 0 Å². The molecule has 1 saturated carbocycles. The number of hydrogen-bond acceptors (Lipinski definition) is 2. The van der Waals surface area contributed by atoms with Gasteiger partial charge in [0.15, 0.2) is 11.6 Å². The van der Waals surface area contributed by atoms with E-state index < -0.39 is 0 Å². The summed E-state index contributed by atoms with van der Waals surface area (Å²) in [5, 5.41) is 3.35. The summed E-state index contributed by atoms with van der Waals surface area (Å²) in [6.07, 6.45) is 6.22. The molecule has 2 rings (SSSR count). The fourth-order valence-electron chi connectivity index (χ4n) is 1.56. The minimum Gasteiger partial charge on any atom is -0.486 e. The Kier molecular flexibility index (Phi) is 4.15. The van der Waals surface area contributed by atoms with Gasteiger partial charge in [0.1, 0.15) is 6.61 Å². The second-order valence-corrected chi connectivity index (χ2v) is 4.30. The van der Waals surface area contributed by atoms with Crippen molar-refractivity contribution in [1.29, 1.82) is 0 Å². The van der Waals surface area contributed by atoms with Crippen molar-refractivity contribution < 1.29 is 9.13 Å². The number of ether oxygens (including phenoxy) is 1. The van der Waals surface area contributed by atoms with E-state index in [2.05, 4.69) is 5.32 Å². The first-order valence-electron chi connectivity index (χ1n) is 6.05. The van der Waals surface area contributed by atoms with Gasteiger partial charge in [-0.2, -0.15) is 0 Å². The fourth-order valence-corrected chi connectivity index (χ4v) is 1.56. The molecule has 0 amide bonds. The number of allylic oxidation sites excluding steroid dienone is 1. The number of halogens is 1. The van der Waals surface area contributed by atoms with Crippen LogP contribution >= 0.6 is 0 Å². The van der Waals surface area contributed by atoms with Crippen LogP contribution in [0, 0.1) is 5.82 Å². The van der Waals surface area contributed by atoms with Gasteiger partial charge in [0.05, 0.1) is 0 Å². The average Bonchev–Trinajstić information content (AvgIpc) is 3.13. The first-order valence-corrected chi connectivity index (χ1v) is 6.05. The minimum atomic E-state index is -0.287. The Morgan fingerprint density at radius 2 is 2.29 bits per heavy atom. The van der Waals surface area contributed by atoms with Gasteiger partial charge in [0, 0.05) is 12.6 Å². The van der Waals surface area contributed by atoms with Crippen molar-refractivity contribution in [3.8, 4) is 5.75 Å². The molecular weight excluding hydrogens is 217 g/mol. The van der Waals surface area contributed by atoms with Crippen LogP contribution in [0.15, 0.2) is 30.4 Å². The molecule has 0 spiro atoms. The molecule has 1 aliphatic carbocycles. The van der Waals surface area contributed by atoms with Crippen LogP contribution in [0.1, 0.15) is 25.3 Å². The van der Waals surface area contributed by atoms with E-state index in [-0.39, 0.29) is 5.82 Å². The van der Waals surface area contributed by atoms with Crippen LogP contribution in [0.4, 0.5) is 4.39 Å². The maximum atomic E-state index is 13.6. The molecule has 1 aromatic rings. The molecule has 1 aromatic carbocycles. The molecule has 3 heteroatoms. The molecule has 92 valence electrons. The topological polar surface area (TPSA) is 21.3 Å². The van der Waals surface area contributed by atoms with Crippen LogP contribution in [-0.2, 0) is 6.54 Å². The zero-order valence-corrected chi connectivity index (χ0v) is 10.1. The van der Waals surface area contributed by atoms with Crippen molar-refractivity contribution in [3.63, 3.8) is 0 Å². The maximum Gasteiger partial charge on any atom is 0.165 e. The minimum absolute atomic E-state index is 0.287. The lowest BCUT2D eigenvalue weighted by Crippen LogP contribution is -2.15. The van der Waals surface area contributed by atoms with Gasteiger partial charge in [-0.3, -0.25) is 0 Å². The molecule has 1 N–H and O–H groups in total. The lowest BCUT2D eigenvalue weighted by atomic mass is 10.2. The molecule has 2 nitrogen and oxygen atoms in total. The van der Waals surface area contributed by atoms with Gasteiger partial charge in [-0.1, -0.05) is 18.2 Å². The van der Waals surface area contributed by atoms with E-state index in [0.29, 0.717) is 18.4 Å². The average molecular weight is 235 g/mol. The van der Waals surface area contributed by atoms with Gasteiger partial charge < -0.3 is 10.1 Å². The third-order valence-electron chi connectivity index (χ3n) is 2.74. The molecule has 0 heterocycles. The van der Waals surface area contributed by atoms with Crippen LogP contribution < -0.4 is 10.1 Å². The lowest BCUT2D eigenvalue weighted by Gasteiger charge is -2.07. The molecule has 1 aliphatic rings. The fraction of sp³-hybridized carbons (Fsp3) is 0.429. The molecule has 0 bridgehead atoms. The molecule has 0 saturated heterocycles. The van der Waals surface area contributed by atoms with Crippen LogP contribution in [0.2, 0.25) is 0 Å². The molecule has 1 fully saturated rings. The van der Waals surface area contributed by atoms with E-state index in [1.54, 1.807) is 12.1 Å². The first kappa shape index (κ1) is 12.1. The largest absolute Gasteiger partial charge is 0.486 e.